The second kappa shape index (κ2) is 8.07. The molecule has 0 aliphatic carbocycles. The number of piperidine rings is 1. The highest BCUT2D eigenvalue weighted by molar-refractivity contribution is 5.78. The zero-order valence-electron chi connectivity index (χ0n) is 15.9. The van der Waals surface area contributed by atoms with Crippen LogP contribution >= 0.6 is 0 Å². The summed E-state index contributed by atoms with van der Waals surface area (Å²) in [6.45, 7) is 7.59. The summed E-state index contributed by atoms with van der Waals surface area (Å²) in [5.41, 5.74) is 1.85. The van der Waals surface area contributed by atoms with E-state index in [2.05, 4.69) is 10.4 Å². The van der Waals surface area contributed by atoms with Gasteiger partial charge in [-0.15, -0.1) is 0 Å². The first-order valence-corrected chi connectivity index (χ1v) is 9.38. The van der Waals surface area contributed by atoms with E-state index in [0.29, 0.717) is 32.7 Å². The van der Waals surface area contributed by atoms with Crippen molar-refractivity contribution in [2.75, 3.05) is 26.7 Å². The second-order valence-corrected chi connectivity index (χ2v) is 7.37. The van der Waals surface area contributed by atoms with Crippen molar-refractivity contribution in [2.45, 2.75) is 52.4 Å². The molecule has 144 valence electrons. The second-order valence-electron chi connectivity index (χ2n) is 7.37. The van der Waals surface area contributed by atoms with Crippen LogP contribution in [0.2, 0.25) is 0 Å². The molecular formula is C18H29N5O3. The summed E-state index contributed by atoms with van der Waals surface area (Å²) in [6, 6.07) is 1.91. The van der Waals surface area contributed by atoms with Crippen LogP contribution in [0.1, 0.15) is 38.1 Å². The number of fused-ring (bicyclic) bond motifs is 1. The van der Waals surface area contributed by atoms with Gasteiger partial charge in [0.25, 0.3) is 0 Å². The normalized spacial score (nSPS) is 20.2. The molecule has 1 fully saturated rings. The minimum absolute atomic E-state index is 0.00343. The summed E-state index contributed by atoms with van der Waals surface area (Å²) in [7, 11) is 1.69. The van der Waals surface area contributed by atoms with Gasteiger partial charge in [-0.2, -0.15) is 5.10 Å². The average molecular weight is 363 g/mol. The van der Waals surface area contributed by atoms with Crippen molar-refractivity contribution >= 4 is 11.9 Å². The van der Waals surface area contributed by atoms with Gasteiger partial charge in [-0.1, -0.05) is 13.8 Å². The first-order valence-electron chi connectivity index (χ1n) is 9.38. The Bertz CT molecular complexity index is 657. The van der Waals surface area contributed by atoms with Gasteiger partial charge in [-0.3, -0.25) is 9.48 Å². The minimum Gasteiger partial charge on any atom is -0.380 e. The molecule has 26 heavy (non-hydrogen) atoms. The van der Waals surface area contributed by atoms with Crippen LogP contribution in [0, 0.1) is 5.92 Å². The first-order chi connectivity index (χ1) is 12.5. The number of ether oxygens (including phenoxy) is 1. The number of aromatic nitrogens is 2. The number of nitrogens with one attached hydrogen (secondary N) is 1. The lowest BCUT2D eigenvalue weighted by molar-refractivity contribution is -0.136. The standard InChI is InChI=1S/C18H29N5O3/c1-13(2)17(24)21-7-8-23-15(11-21)9-14(20-23)10-19-18(25)22-6-4-5-16(12-22)26-3/h9,13,16H,4-8,10-12H2,1-3H3,(H,19,25). The van der Waals surface area contributed by atoms with E-state index in [0.717, 1.165) is 30.8 Å². The number of amides is 3. The molecule has 1 aromatic heterocycles. The lowest BCUT2D eigenvalue weighted by Crippen LogP contribution is -2.47. The molecule has 0 aromatic carbocycles. The number of urea groups is 1. The molecule has 2 aliphatic heterocycles. The summed E-state index contributed by atoms with van der Waals surface area (Å²) in [6.07, 6.45) is 2.09. The van der Waals surface area contributed by atoms with Crippen molar-refractivity contribution in [3.8, 4) is 0 Å². The molecule has 8 heteroatoms. The fraction of sp³-hybridized carbons (Fsp3) is 0.722. The van der Waals surface area contributed by atoms with Gasteiger partial charge in [0.1, 0.15) is 0 Å². The Kier molecular flexibility index (Phi) is 5.80. The van der Waals surface area contributed by atoms with E-state index in [4.69, 9.17) is 4.74 Å². The maximum atomic E-state index is 12.4. The minimum atomic E-state index is -0.0747. The highest BCUT2D eigenvalue weighted by Gasteiger charge is 2.25. The molecule has 1 N–H and O–H groups in total. The number of hydrogen-bond acceptors (Lipinski definition) is 4. The molecule has 0 spiro atoms. The van der Waals surface area contributed by atoms with Crippen LogP contribution in [-0.2, 0) is 29.2 Å². The Morgan fingerprint density at radius 2 is 2.12 bits per heavy atom. The van der Waals surface area contributed by atoms with E-state index in [9.17, 15) is 9.59 Å². The van der Waals surface area contributed by atoms with Crippen molar-refractivity contribution in [3.63, 3.8) is 0 Å². The van der Waals surface area contributed by atoms with Crippen LogP contribution < -0.4 is 5.32 Å². The number of nitrogens with zero attached hydrogens (tertiary/aromatic N) is 4. The SMILES string of the molecule is COC1CCCN(C(=O)NCc2cc3n(n2)CCN(C(=O)C(C)C)C3)C1. The van der Waals surface area contributed by atoms with Gasteiger partial charge in [0.15, 0.2) is 0 Å². The van der Waals surface area contributed by atoms with Gasteiger partial charge in [-0.05, 0) is 18.9 Å². The smallest absolute Gasteiger partial charge is 0.317 e. The molecule has 3 amide bonds. The third-order valence-electron chi connectivity index (χ3n) is 5.07. The van der Waals surface area contributed by atoms with Gasteiger partial charge in [0, 0.05) is 32.7 Å². The summed E-state index contributed by atoms with van der Waals surface area (Å²) < 4.78 is 7.30. The summed E-state index contributed by atoms with van der Waals surface area (Å²) in [5.74, 6) is 0.175. The maximum absolute atomic E-state index is 12.4. The molecule has 8 nitrogen and oxygen atoms in total. The molecule has 1 atom stereocenters. The Morgan fingerprint density at radius 1 is 1.31 bits per heavy atom. The molecule has 1 saturated heterocycles. The molecule has 1 aromatic rings. The third kappa shape index (κ3) is 4.17. The fourth-order valence-corrected chi connectivity index (χ4v) is 3.56. The Morgan fingerprint density at radius 3 is 2.85 bits per heavy atom. The quantitative estimate of drug-likeness (QED) is 0.872. The van der Waals surface area contributed by atoms with Gasteiger partial charge < -0.3 is 19.9 Å². The third-order valence-corrected chi connectivity index (χ3v) is 5.07. The summed E-state index contributed by atoms with van der Waals surface area (Å²) in [5, 5.41) is 7.51. The van der Waals surface area contributed by atoms with Gasteiger partial charge in [-0.25, -0.2) is 4.79 Å². The van der Waals surface area contributed by atoms with Crippen LogP contribution in [0.3, 0.4) is 0 Å². The summed E-state index contributed by atoms with van der Waals surface area (Å²) >= 11 is 0. The number of rotatable bonds is 4. The van der Waals surface area contributed by atoms with E-state index >= 15 is 0 Å². The van der Waals surface area contributed by atoms with E-state index < -0.39 is 0 Å². The number of carbonyl (C=O) groups excluding carboxylic acids is 2. The number of methoxy groups -OCH3 is 1. The average Bonchev–Trinajstić information content (AvgIpc) is 3.07. The maximum Gasteiger partial charge on any atom is 0.317 e. The topological polar surface area (TPSA) is 79.7 Å². The Labute approximate surface area is 154 Å². The van der Waals surface area contributed by atoms with Gasteiger partial charge >= 0.3 is 6.03 Å². The number of likely N-dealkylation sites (tertiary alicyclic amines) is 1. The zero-order chi connectivity index (χ0) is 18.7. The van der Waals surface area contributed by atoms with Crippen LogP contribution in [0.25, 0.3) is 0 Å². The molecule has 3 heterocycles. The lowest BCUT2D eigenvalue weighted by atomic mass is 10.1. The van der Waals surface area contributed by atoms with E-state index in [1.54, 1.807) is 12.0 Å². The molecule has 3 rings (SSSR count). The van der Waals surface area contributed by atoms with E-state index in [1.807, 2.05) is 29.5 Å². The fourth-order valence-electron chi connectivity index (χ4n) is 3.56. The predicted molar refractivity (Wildman–Crippen MR) is 96.3 cm³/mol. The number of hydrogen-bond donors (Lipinski definition) is 1. The lowest BCUT2D eigenvalue weighted by Gasteiger charge is -2.31. The van der Waals surface area contributed by atoms with Crippen molar-refractivity contribution < 1.29 is 14.3 Å². The molecule has 0 saturated carbocycles. The van der Waals surface area contributed by atoms with Crippen molar-refractivity contribution in [1.29, 1.82) is 0 Å². The Hall–Kier alpha value is -2.09. The molecule has 2 aliphatic rings. The highest BCUT2D eigenvalue weighted by Crippen LogP contribution is 2.16. The summed E-state index contributed by atoms with van der Waals surface area (Å²) in [4.78, 5) is 28.2. The van der Waals surface area contributed by atoms with Crippen LogP contribution in [-0.4, -0.2) is 64.4 Å². The van der Waals surface area contributed by atoms with Crippen molar-refractivity contribution in [2.24, 2.45) is 5.92 Å². The number of carbonyl (C=O) groups is 2. The molecule has 0 bridgehead atoms. The van der Waals surface area contributed by atoms with Crippen molar-refractivity contribution in [1.82, 2.24) is 24.9 Å². The Balaban J connectivity index is 1.54. The highest BCUT2D eigenvalue weighted by atomic mass is 16.5. The van der Waals surface area contributed by atoms with Crippen molar-refractivity contribution in [3.05, 3.63) is 17.5 Å². The van der Waals surface area contributed by atoms with Gasteiger partial charge in [0.2, 0.25) is 5.91 Å². The van der Waals surface area contributed by atoms with E-state index in [-0.39, 0.29) is 24.0 Å². The molecular weight excluding hydrogens is 334 g/mol. The molecule has 1 unspecified atom stereocenters. The van der Waals surface area contributed by atoms with E-state index in [1.165, 1.54) is 0 Å². The van der Waals surface area contributed by atoms with Crippen LogP contribution in [0.5, 0.6) is 0 Å². The molecule has 0 radical (unpaired) electrons. The van der Waals surface area contributed by atoms with Crippen LogP contribution in [0.4, 0.5) is 4.79 Å². The monoisotopic (exact) mass is 363 g/mol. The largest absolute Gasteiger partial charge is 0.380 e. The first kappa shape index (κ1) is 18.7. The zero-order valence-corrected chi connectivity index (χ0v) is 15.9. The van der Waals surface area contributed by atoms with Gasteiger partial charge in [0.05, 0.1) is 37.1 Å². The van der Waals surface area contributed by atoms with Crippen LogP contribution in [0.15, 0.2) is 6.07 Å². The predicted octanol–water partition coefficient (Wildman–Crippen LogP) is 1.20.